The highest BCUT2D eigenvalue weighted by Crippen LogP contribution is 2.35. The predicted molar refractivity (Wildman–Crippen MR) is 82.0 cm³/mol. The molecule has 5 heteroatoms. The van der Waals surface area contributed by atoms with Gasteiger partial charge in [-0.15, -0.1) is 0 Å². The highest BCUT2D eigenvalue weighted by Gasteiger charge is 2.34. The van der Waals surface area contributed by atoms with Crippen LogP contribution in [0.5, 0.6) is 0 Å². The van der Waals surface area contributed by atoms with Crippen molar-refractivity contribution in [2.75, 3.05) is 13.1 Å². The molecular formula is C16H23NO3S. The average molecular weight is 309 g/mol. The fourth-order valence-corrected chi connectivity index (χ4v) is 4.19. The minimum atomic E-state index is -3.23. The molecule has 2 fully saturated rings. The van der Waals surface area contributed by atoms with Crippen LogP contribution in [0.3, 0.4) is 0 Å². The highest BCUT2D eigenvalue weighted by molar-refractivity contribution is 7.88. The maximum absolute atomic E-state index is 12.7. The standard InChI is InChI=1S/C16H23NO3S/c18-11-15-5-7-16(8-6-15)12-21(19,20)17(9-13-1-2-13)10-14-3-4-14/h5-8,13-14,18H,1-4,9-12H2. The van der Waals surface area contributed by atoms with Gasteiger partial charge in [0.1, 0.15) is 0 Å². The number of rotatable bonds is 8. The molecule has 0 radical (unpaired) electrons. The van der Waals surface area contributed by atoms with Crippen molar-refractivity contribution in [3.05, 3.63) is 35.4 Å². The quantitative estimate of drug-likeness (QED) is 0.800. The van der Waals surface area contributed by atoms with Gasteiger partial charge in [-0.05, 0) is 48.6 Å². The van der Waals surface area contributed by atoms with Gasteiger partial charge in [0, 0.05) is 13.1 Å². The van der Waals surface area contributed by atoms with Gasteiger partial charge < -0.3 is 5.11 Å². The summed E-state index contributed by atoms with van der Waals surface area (Å²) in [6.45, 7) is 1.39. The van der Waals surface area contributed by atoms with Gasteiger partial charge in [-0.1, -0.05) is 24.3 Å². The van der Waals surface area contributed by atoms with Crippen LogP contribution in [0.2, 0.25) is 0 Å². The van der Waals surface area contributed by atoms with E-state index in [2.05, 4.69) is 0 Å². The van der Waals surface area contributed by atoms with Crippen LogP contribution in [-0.2, 0) is 22.4 Å². The van der Waals surface area contributed by atoms with Crippen LogP contribution in [-0.4, -0.2) is 30.9 Å². The Morgan fingerprint density at radius 2 is 1.43 bits per heavy atom. The monoisotopic (exact) mass is 309 g/mol. The SMILES string of the molecule is O=S(=O)(Cc1ccc(CO)cc1)N(CC1CC1)CC1CC1. The second kappa shape index (κ2) is 6.07. The molecule has 1 aromatic rings. The fraction of sp³-hybridized carbons (Fsp3) is 0.625. The predicted octanol–water partition coefficient (Wildman–Crippen LogP) is 2.13. The van der Waals surface area contributed by atoms with E-state index in [1.54, 1.807) is 28.6 Å². The minimum absolute atomic E-state index is 0.0114. The summed E-state index contributed by atoms with van der Waals surface area (Å²) in [5.41, 5.74) is 1.60. The van der Waals surface area contributed by atoms with E-state index in [0.717, 1.165) is 11.1 Å². The first-order chi connectivity index (χ1) is 10.1. The third-order valence-electron chi connectivity index (χ3n) is 4.27. The zero-order valence-corrected chi connectivity index (χ0v) is 13.1. The Bertz CT molecular complexity index is 560. The molecule has 4 nitrogen and oxygen atoms in total. The van der Waals surface area contributed by atoms with E-state index >= 15 is 0 Å². The summed E-state index contributed by atoms with van der Waals surface area (Å²) in [5, 5.41) is 9.03. The van der Waals surface area contributed by atoms with E-state index in [-0.39, 0.29) is 12.4 Å². The molecule has 3 rings (SSSR count). The van der Waals surface area contributed by atoms with Crippen molar-refractivity contribution < 1.29 is 13.5 Å². The smallest absolute Gasteiger partial charge is 0.218 e. The van der Waals surface area contributed by atoms with Gasteiger partial charge in [-0.3, -0.25) is 0 Å². The Labute approximate surface area is 126 Å². The summed E-state index contributed by atoms with van der Waals surface area (Å²) in [5.74, 6) is 1.23. The number of aliphatic hydroxyl groups excluding tert-OH is 1. The molecule has 0 spiro atoms. The van der Waals surface area contributed by atoms with Crippen molar-refractivity contribution in [3.63, 3.8) is 0 Å². The Balaban J connectivity index is 1.69. The fourth-order valence-electron chi connectivity index (χ4n) is 2.52. The Morgan fingerprint density at radius 1 is 0.952 bits per heavy atom. The number of hydrogen-bond acceptors (Lipinski definition) is 3. The summed E-state index contributed by atoms with van der Waals surface area (Å²) >= 11 is 0. The molecule has 0 heterocycles. The summed E-state index contributed by atoms with van der Waals surface area (Å²) in [4.78, 5) is 0. The van der Waals surface area contributed by atoms with E-state index < -0.39 is 10.0 Å². The third-order valence-corrected chi connectivity index (χ3v) is 6.05. The topological polar surface area (TPSA) is 57.6 Å². The second-order valence-corrected chi connectivity index (χ2v) is 8.40. The molecule has 0 aliphatic heterocycles. The molecule has 0 amide bonds. The Morgan fingerprint density at radius 3 is 1.86 bits per heavy atom. The summed E-state index contributed by atoms with van der Waals surface area (Å²) in [7, 11) is -3.23. The Kier molecular flexibility index (Phi) is 4.33. The number of benzene rings is 1. The normalized spacial score (nSPS) is 19.1. The summed E-state index contributed by atoms with van der Waals surface area (Å²) in [6, 6.07) is 7.18. The van der Waals surface area contributed by atoms with Crippen molar-refractivity contribution in [2.45, 2.75) is 38.0 Å². The molecule has 0 saturated heterocycles. The van der Waals surface area contributed by atoms with E-state index in [1.165, 1.54) is 25.7 Å². The largest absolute Gasteiger partial charge is 0.392 e. The number of nitrogens with zero attached hydrogens (tertiary/aromatic N) is 1. The number of sulfonamides is 1. The lowest BCUT2D eigenvalue weighted by Crippen LogP contribution is -2.35. The first-order valence-corrected chi connectivity index (χ1v) is 9.34. The van der Waals surface area contributed by atoms with Gasteiger partial charge in [0.2, 0.25) is 10.0 Å². The molecule has 0 bridgehead atoms. The third kappa shape index (κ3) is 4.28. The maximum Gasteiger partial charge on any atom is 0.218 e. The molecule has 21 heavy (non-hydrogen) atoms. The van der Waals surface area contributed by atoms with Crippen LogP contribution in [0.4, 0.5) is 0 Å². The van der Waals surface area contributed by atoms with Crippen molar-refractivity contribution >= 4 is 10.0 Å². The van der Waals surface area contributed by atoms with Crippen LogP contribution in [0.1, 0.15) is 36.8 Å². The Hall–Kier alpha value is -0.910. The lowest BCUT2D eigenvalue weighted by molar-refractivity contribution is 0.282. The van der Waals surface area contributed by atoms with Crippen molar-refractivity contribution in [2.24, 2.45) is 11.8 Å². The summed E-state index contributed by atoms with van der Waals surface area (Å²) < 4.78 is 27.0. The molecule has 1 aromatic carbocycles. The molecule has 2 saturated carbocycles. The van der Waals surface area contributed by atoms with Crippen LogP contribution in [0.15, 0.2) is 24.3 Å². The lowest BCUT2D eigenvalue weighted by Gasteiger charge is -2.22. The van der Waals surface area contributed by atoms with Crippen LogP contribution in [0.25, 0.3) is 0 Å². The molecule has 0 aromatic heterocycles. The van der Waals surface area contributed by atoms with Gasteiger partial charge >= 0.3 is 0 Å². The molecule has 116 valence electrons. The molecular weight excluding hydrogens is 286 g/mol. The van der Waals surface area contributed by atoms with Gasteiger partial charge in [-0.25, -0.2) is 12.7 Å². The van der Waals surface area contributed by atoms with Gasteiger partial charge in [0.15, 0.2) is 0 Å². The van der Waals surface area contributed by atoms with Gasteiger partial charge in [0.25, 0.3) is 0 Å². The van der Waals surface area contributed by atoms with E-state index in [9.17, 15) is 8.42 Å². The second-order valence-electron chi connectivity index (χ2n) is 6.43. The van der Waals surface area contributed by atoms with Crippen LogP contribution >= 0.6 is 0 Å². The first-order valence-electron chi connectivity index (χ1n) is 7.73. The van der Waals surface area contributed by atoms with E-state index in [4.69, 9.17) is 5.11 Å². The first kappa shape index (κ1) is 15.0. The highest BCUT2D eigenvalue weighted by atomic mass is 32.2. The summed E-state index contributed by atoms with van der Waals surface area (Å²) in [6.07, 6.45) is 4.67. The zero-order chi connectivity index (χ0) is 14.9. The lowest BCUT2D eigenvalue weighted by atomic mass is 10.2. The van der Waals surface area contributed by atoms with Crippen LogP contribution in [0, 0.1) is 11.8 Å². The maximum atomic E-state index is 12.7. The zero-order valence-electron chi connectivity index (χ0n) is 12.2. The molecule has 1 N–H and O–H groups in total. The van der Waals surface area contributed by atoms with Gasteiger partial charge in [-0.2, -0.15) is 0 Å². The van der Waals surface area contributed by atoms with Crippen LogP contribution < -0.4 is 0 Å². The van der Waals surface area contributed by atoms with Crippen molar-refractivity contribution in [1.82, 2.24) is 4.31 Å². The van der Waals surface area contributed by atoms with E-state index in [0.29, 0.717) is 24.9 Å². The number of hydrogen-bond donors (Lipinski definition) is 1. The van der Waals surface area contributed by atoms with Crippen molar-refractivity contribution in [1.29, 1.82) is 0 Å². The van der Waals surface area contributed by atoms with E-state index in [1.807, 2.05) is 0 Å². The molecule has 2 aliphatic carbocycles. The average Bonchev–Trinajstić information content (AvgIpc) is 3.34. The number of aliphatic hydroxyl groups is 1. The molecule has 2 aliphatic rings. The van der Waals surface area contributed by atoms with Crippen molar-refractivity contribution in [3.8, 4) is 0 Å². The molecule has 0 unspecified atom stereocenters. The molecule has 0 atom stereocenters. The van der Waals surface area contributed by atoms with Gasteiger partial charge in [0.05, 0.1) is 12.4 Å². The minimum Gasteiger partial charge on any atom is -0.392 e.